The minimum Gasteiger partial charge on any atom is -0.218 e. The van der Waals surface area contributed by atoms with E-state index in [-0.39, 0.29) is 24.8 Å². The zero-order valence-corrected chi connectivity index (χ0v) is 8.38. The fraction of sp³-hybridized carbons (Fsp3) is 1.00. The fourth-order valence-electron chi connectivity index (χ4n) is 0.636. The van der Waals surface area contributed by atoms with Crippen LogP contribution in [0.4, 0.5) is 0 Å². The Labute approximate surface area is 80.3 Å². The average molecular weight is 206 g/mol. The van der Waals surface area contributed by atoms with Gasteiger partial charge in [-0.05, 0) is 6.42 Å². The summed E-state index contributed by atoms with van der Waals surface area (Å²) >= 11 is 0. The molecule has 0 saturated carbocycles. The Morgan fingerprint density at radius 1 is 1.09 bits per heavy atom. The first-order valence-corrected chi connectivity index (χ1v) is 3.40. The molecule has 11 heavy (non-hydrogen) atoms. The molecule has 0 fully saturated rings. The van der Waals surface area contributed by atoms with Crippen LogP contribution in [-0.2, 0) is 9.88 Å². The highest BCUT2D eigenvalue weighted by molar-refractivity contribution is 5.85. The Kier molecular flexibility index (Phi) is 26.8. The standard InChI is InChI=1S/C6H15NO2.2ClH/c1-2-3-4-5-6-8-9-7;;/h2-7H2,1H3;2*1H. The first-order valence-electron chi connectivity index (χ1n) is 3.40. The summed E-state index contributed by atoms with van der Waals surface area (Å²) < 4.78 is 0. The molecule has 0 spiro atoms. The molecule has 3 nitrogen and oxygen atoms in total. The van der Waals surface area contributed by atoms with Gasteiger partial charge in [0.05, 0.1) is 6.61 Å². The zero-order valence-electron chi connectivity index (χ0n) is 6.75. The van der Waals surface area contributed by atoms with Crippen LogP contribution in [0.5, 0.6) is 0 Å². The molecule has 0 aromatic rings. The number of nitrogens with two attached hydrogens (primary N) is 1. The van der Waals surface area contributed by atoms with Crippen molar-refractivity contribution in [2.24, 2.45) is 5.90 Å². The van der Waals surface area contributed by atoms with Crippen LogP contribution in [0.25, 0.3) is 0 Å². The zero-order chi connectivity index (χ0) is 6.95. The summed E-state index contributed by atoms with van der Waals surface area (Å²) in [5, 5.41) is 0. The Balaban J connectivity index is -0.000000320. The molecule has 0 rings (SSSR count). The van der Waals surface area contributed by atoms with Crippen molar-refractivity contribution in [2.45, 2.75) is 32.6 Å². The Hall–Kier alpha value is 0.460. The molecular weight excluding hydrogens is 189 g/mol. The third kappa shape index (κ3) is 17.9. The van der Waals surface area contributed by atoms with Gasteiger partial charge in [-0.15, -0.1) is 29.8 Å². The predicted molar refractivity (Wildman–Crippen MR) is 49.9 cm³/mol. The molecule has 0 radical (unpaired) electrons. The Morgan fingerprint density at radius 3 is 2.18 bits per heavy atom. The van der Waals surface area contributed by atoms with Crippen molar-refractivity contribution >= 4 is 24.8 Å². The molecule has 0 heterocycles. The third-order valence-corrected chi connectivity index (χ3v) is 1.15. The molecule has 0 amide bonds. The molecule has 0 aliphatic heterocycles. The van der Waals surface area contributed by atoms with E-state index in [1.807, 2.05) is 0 Å². The van der Waals surface area contributed by atoms with Gasteiger partial charge in [-0.3, -0.25) is 0 Å². The molecule has 72 valence electrons. The maximum Gasteiger partial charge on any atom is 0.0842 e. The average Bonchev–Trinajstić information content (AvgIpc) is 1.89. The second kappa shape index (κ2) is 16.8. The first kappa shape index (κ1) is 17.5. The van der Waals surface area contributed by atoms with Crippen molar-refractivity contribution in [3.8, 4) is 0 Å². The van der Waals surface area contributed by atoms with Gasteiger partial charge >= 0.3 is 0 Å². The summed E-state index contributed by atoms with van der Waals surface area (Å²) in [5.74, 6) is 4.62. The molecular formula is C6H17Cl2NO2. The number of hydrogen-bond donors (Lipinski definition) is 1. The number of hydrogen-bond acceptors (Lipinski definition) is 3. The highest BCUT2D eigenvalue weighted by Crippen LogP contribution is 1.97. The van der Waals surface area contributed by atoms with Gasteiger partial charge in [-0.1, -0.05) is 26.2 Å². The predicted octanol–water partition coefficient (Wildman–Crippen LogP) is 2.23. The van der Waals surface area contributed by atoms with E-state index < -0.39 is 0 Å². The molecule has 0 aliphatic carbocycles. The van der Waals surface area contributed by atoms with Gasteiger partial charge < -0.3 is 0 Å². The lowest BCUT2D eigenvalue weighted by molar-refractivity contribution is -0.299. The number of halogens is 2. The summed E-state index contributed by atoms with van der Waals surface area (Å²) in [4.78, 5) is 8.38. The van der Waals surface area contributed by atoms with Crippen molar-refractivity contribution in [3.05, 3.63) is 0 Å². The molecule has 0 bridgehead atoms. The van der Waals surface area contributed by atoms with E-state index in [2.05, 4.69) is 22.7 Å². The SMILES string of the molecule is CCCCCCOON.Cl.Cl. The van der Waals surface area contributed by atoms with Gasteiger partial charge in [-0.25, -0.2) is 4.89 Å². The van der Waals surface area contributed by atoms with Crippen molar-refractivity contribution < 1.29 is 9.88 Å². The van der Waals surface area contributed by atoms with Crippen LogP contribution in [-0.4, -0.2) is 6.61 Å². The quantitative estimate of drug-likeness (QED) is 0.411. The first-order chi connectivity index (χ1) is 4.41. The maximum absolute atomic E-state index is 4.62. The highest BCUT2D eigenvalue weighted by atomic mass is 35.5. The van der Waals surface area contributed by atoms with Crippen LogP contribution in [0.1, 0.15) is 32.6 Å². The van der Waals surface area contributed by atoms with E-state index in [0.717, 1.165) is 6.42 Å². The second-order valence-electron chi connectivity index (χ2n) is 1.98. The van der Waals surface area contributed by atoms with Crippen LogP contribution in [0.2, 0.25) is 0 Å². The van der Waals surface area contributed by atoms with E-state index in [0.29, 0.717) is 6.61 Å². The maximum atomic E-state index is 4.62. The van der Waals surface area contributed by atoms with Gasteiger partial charge in [0.1, 0.15) is 0 Å². The molecule has 0 atom stereocenters. The Morgan fingerprint density at radius 2 is 1.73 bits per heavy atom. The van der Waals surface area contributed by atoms with E-state index in [1.54, 1.807) is 0 Å². The molecule has 0 unspecified atom stereocenters. The normalized spacial score (nSPS) is 8.18. The fourth-order valence-corrected chi connectivity index (χ4v) is 0.636. The van der Waals surface area contributed by atoms with E-state index in [9.17, 15) is 0 Å². The highest BCUT2D eigenvalue weighted by Gasteiger charge is 1.86. The van der Waals surface area contributed by atoms with Gasteiger partial charge in [0.2, 0.25) is 0 Å². The Bertz CT molecular complexity index is 51.8. The topological polar surface area (TPSA) is 44.5 Å². The minimum atomic E-state index is 0. The molecule has 0 saturated heterocycles. The molecule has 0 aliphatic rings. The van der Waals surface area contributed by atoms with Gasteiger partial charge in [0.25, 0.3) is 0 Å². The summed E-state index contributed by atoms with van der Waals surface area (Å²) in [6, 6.07) is 0. The molecule has 0 aromatic carbocycles. The van der Waals surface area contributed by atoms with Crippen LogP contribution in [0, 0.1) is 0 Å². The monoisotopic (exact) mass is 205 g/mol. The largest absolute Gasteiger partial charge is 0.218 e. The van der Waals surface area contributed by atoms with Crippen LogP contribution in [0.15, 0.2) is 0 Å². The number of unbranched alkanes of at least 4 members (excludes halogenated alkanes) is 3. The smallest absolute Gasteiger partial charge is 0.0842 e. The summed E-state index contributed by atoms with van der Waals surface area (Å²) in [7, 11) is 0. The van der Waals surface area contributed by atoms with Crippen molar-refractivity contribution in [2.75, 3.05) is 6.61 Å². The third-order valence-electron chi connectivity index (χ3n) is 1.15. The van der Waals surface area contributed by atoms with Gasteiger partial charge in [-0.2, -0.15) is 5.90 Å². The van der Waals surface area contributed by atoms with E-state index >= 15 is 0 Å². The molecule has 2 N–H and O–H groups in total. The lowest BCUT2D eigenvalue weighted by Crippen LogP contribution is -2.01. The summed E-state index contributed by atoms with van der Waals surface area (Å²) in [5.41, 5.74) is 0. The minimum absolute atomic E-state index is 0. The van der Waals surface area contributed by atoms with Crippen LogP contribution < -0.4 is 5.90 Å². The van der Waals surface area contributed by atoms with Crippen LogP contribution in [0.3, 0.4) is 0 Å². The lowest BCUT2D eigenvalue weighted by atomic mass is 10.2. The summed E-state index contributed by atoms with van der Waals surface area (Å²) in [6.45, 7) is 2.77. The van der Waals surface area contributed by atoms with E-state index in [4.69, 9.17) is 0 Å². The van der Waals surface area contributed by atoms with Crippen molar-refractivity contribution in [3.63, 3.8) is 0 Å². The molecule has 0 aromatic heterocycles. The van der Waals surface area contributed by atoms with E-state index in [1.165, 1.54) is 19.3 Å². The van der Waals surface area contributed by atoms with Crippen molar-refractivity contribution in [1.82, 2.24) is 0 Å². The lowest BCUT2D eigenvalue weighted by Gasteiger charge is -1.96. The number of rotatable bonds is 6. The molecule has 5 heteroatoms. The summed E-state index contributed by atoms with van der Waals surface area (Å²) in [6.07, 6.45) is 4.72. The van der Waals surface area contributed by atoms with Crippen molar-refractivity contribution in [1.29, 1.82) is 0 Å². The second-order valence-corrected chi connectivity index (χ2v) is 1.98. The van der Waals surface area contributed by atoms with Crippen LogP contribution >= 0.6 is 24.8 Å². The van der Waals surface area contributed by atoms with Gasteiger partial charge in [0, 0.05) is 0 Å². The van der Waals surface area contributed by atoms with Gasteiger partial charge in [0.15, 0.2) is 0 Å².